The highest BCUT2D eigenvalue weighted by atomic mass is 19.3. The number of aryl methyl sites for hydroxylation is 1. The molecule has 0 spiro atoms. The number of nitrogens with one attached hydrogen (secondary N) is 1. The summed E-state index contributed by atoms with van der Waals surface area (Å²) in [7, 11) is 1.58. The number of nitrogens with zero attached hydrogens (tertiary/aromatic N) is 2. The van der Waals surface area contributed by atoms with Crippen molar-refractivity contribution in [2.75, 3.05) is 38.7 Å². The smallest absolute Gasteiger partial charge is 0.293 e. The number of rotatable bonds is 10. The van der Waals surface area contributed by atoms with E-state index in [0.717, 1.165) is 42.7 Å². The fraction of sp³-hybridized carbons (Fsp3) is 0.600. The molecule has 2 fully saturated rings. The third-order valence-electron chi connectivity index (χ3n) is 7.09. The van der Waals surface area contributed by atoms with Gasteiger partial charge in [-0.05, 0) is 51.3 Å². The number of fused-ring (bicyclic) bond motifs is 2. The van der Waals surface area contributed by atoms with E-state index in [2.05, 4.69) is 10.2 Å². The van der Waals surface area contributed by atoms with Crippen molar-refractivity contribution in [2.45, 2.75) is 63.0 Å². The number of anilines is 1. The van der Waals surface area contributed by atoms with Gasteiger partial charge in [0.05, 0.1) is 30.6 Å². The molecule has 0 amide bonds. The topological polar surface area (TPSA) is 72.9 Å². The number of ether oxygens (including phenoxy) is 3. The van der Waals surface area contributed by atoms with Crippen molar-refractivity contribution >= 4 is 23.1 Å². The first kappa shape index (κ1) is 23.1. The maximum Gasteiger partial charge on any atom is 0.293 e. The van der Waals surface area contributed by atoms with Crippen LogP contribution in [0.1, 0.15) is 55.9 Å². The number of alkyl halides is 2. The first-order valence-corrected chi connectivity index (χ1v) is 12.1. The fourth-order valence-corrected chi connectivity index (χ4v) is 5.36. The standard InChI is InChI=1S/C25H31F2N3O4/c1-32-21-11-17-19(12-22(21)33-10-4-9-30-7-2-3-8-30)29-18-5-6-20(34-15-31)23(18)24(17)28-16-13-25(26,27)14-16/h11-12,15-16,20H,2-10,13-14H2,1H3,(H,28,29). The summed E-state index contributed by atoms with van der Waals surface area (Å²) in [6.45, 7) is 4.34. The molecule has 7 nitrogen and oxygen atoms in total. The van der Waals surface area contributed by atoms with Crippen LogP contribution in [0.4, 0.5) is 14.5 Å². The van der Waals surface area contributed by atoms with Crippen molar-refractivity contribution in [2.24, 2.45) is 0 Å². The van der Waals surface area contributed by atoms with Gasteiger partial charge in [-0.2, -0.15) is 0 Å². The van der Waals surface area contributed by atoms with E-state index in [1.54, 1.807) is 7.11 Å². The lowest BCUT2D eigenvalue weighted by molar-refractivity contribution is -0.133. The first-order valence-electron chi connectivity index (χ1n) is 12.1. The summed E-state index contributed by atoms with van der Waals surface area (Å²) >= 11 is 0. The molecule has 1 saturated carbocycles. The number of pyridine rings is 1. The summed E-state index contributed by atoms with van der Waals surface area (Å²) in [6, 6.07) is 3.35. The van der Waals surface area contributed by atoms with Gasteiger partial charge in [-0.25, -0.2) is 8.78 Å². The second-order valence-corrected chi connectivity index (χ2v) is 9.48. The lowest BCUT2D eigenvalue weighted by Crippen LogP contribution is -2.44. The molecule has 1 aliphatic heterocycles. The van der Waals surface area contributed by atoms with E-state index in [1.165, 1.54) is 12.8 Å². The summed E-state index contributed by atoms with van der Waals surface area (Å²) in [5.41, 5.74) is 2.99. The van der Waals surface area contributed by atoms with Crippen LogP contribution in [0.3, 0.4) is 0 Å². The second-order valence-electron chi connectivity index (χ2n) is 9.48. The van der Waals surface area contributed by atoms with Crippen LogP contribution in [0.25, 0.3) is 10.9 Å². The van der Waals surface area contributed by atoms with Crippen LogP contribution in [0.2, 0.25) is 0 Å². The van der Waals surface area contributed by atoms with Crippen LogP contribution in [-0.4, -0.2) is 61.7 Å². The number of benzene rings is 1. The minimum atomic E-state index is -2.64. The number of hydrogen-bond donors (Lipinski definition) is 1. The van der Waals surface area contributed by atoms with Gasteiger partial charge in [0.25, 0.3) is 12.4 Å². The lowest BCUT2D eigenvalue weighted by Gasteiger charge is -2.37. The zero-order valence-corrected chi connectivity index (χ0v) is 19.4. The highest BCUT2D eigenvalue weighted by Crippen LogP contribution is 2.47. The third-order valence-corrected chi connectivity index (χ3v) is 7.09. The Morgan fingerprint density at radius 3 is 2.74 bits per heavy atom. The van der Waals surface area contributed by atoms with E-state index >= 15 is 0 Å². The van der Waals surface area contributed by atoms with Crippen molar-refractivity contribution in [3.05, 3.63) is 23.4 Å². The molecule has 5 rings (SSSR count). The van der Waals surface area contributed by atoms with Gasteiger partial charge in [0.2, 0.25) is 0 Å². The Hall–Kier alpha value is -2.68. The zero-order valence-electron chi connectivity index (χ0n) is 19.4. The predicted octanol–water partition coefficient (Wildman–Crippen LogP) is 4.48. The quantitative estimate of drug-likeness (QED) is 0.401. The Morgan fingerprint density at radius 2 is 2.03 bits per heavy atom. The SMILES string of the molecule is COc1cc2c(NC3CC(F)(F)C3)c3c(nc2cc1OCCCN1CCCC1)CCC3OC=O. The van der Waals surface area contributed by atoms with Crippen molar-refractivity contribution in [1.29, 1.82) is 0 Å². The van der Waals surface area contributed by atoms with E-state index in [-0.39, 0.29) is 18.9 Å². The molecule has 3 aliphatic rings. The molecule has 0 radical (unpaired) electrons. The van der Waals surface area contributed by atoms with Gasteiger partial charge in [0, 0.05) is 42.4 Å². The molecule has 184 valence electrons. The van der Waals surface area contributed by atoms with Gasteiger partial charge in [-0.1, -0.05) is 0 Å². The maximum atomic E-state index is 13.5. The molecule has 34 heavy (non-hydrogen) atoms. The van der Waals surface area contributed by atoms with Gasteiger partial charge < -0.3 is 24.4 Å². The molecule has 1 saturated heterocycles. The molecule has 1 unspecified atom stereocenters. The van der Waals surface area contributed by atoms with E-state index in [1.807, 2.05) is 12.1 Å². The maximum absolute atomic E-state index is 13.5. The van der Waals surface area contributed by atoms with Crippen LogP contribution in [0.15, 0.2) is 12.1 Å². The second kappa shape index (κ2) is 9.52. The Kier molecular flexibility index (Phi) is 6.46. The zero-order chi connectivity index (χ0) is 23.7. The summed E-state index contributed by atoms with van der Waals surface area (Å²) < 4.78 is 44.1. The first-order chi connectivity index (χ1) is 16.5. The van der Waals surface area contributed by atoms with Crippen molar-refractivity contribution in [1.82, 2.24) is 9.88 Å². The van der Waals surface area contributed by atoms with E-state index in [4.69, 9.17) is 19.2 Å². The lowest BCUT2D eigenvalue weighted by atomic mass is 9.87. The van der Waals surface area contributed by atoms with E-state index in [9.17, 15) is 13.6 Å². The fourth-order valence-electron chi connectivity index (χ4n) is 5.36. The monoisotopic (exact) mass is 475 g/mol. The molecular formula is C25H31F2N3O4. The Balaban J connectivity index is 1.43. The Morgan fingerprint density at radius 1 is 1.24 bits per heavy atom. The number of methoxy groups -OCH3 is 1. The summed E-state index contributed by atoms with van der Waals surface area (Å²) in [5.74, 6) is -1.47. The molecule has 2 heterocycles. The molecule has 0 bridgehead atoms. The van der Waals surface area contributed by atoms with E-state index in [0.29, 0.717) is 48.6 Å². The third kappa shape index (κ3) is 4.62. The molecule has 2 aromatic rings. The number of likely N-dealkylation sites (tertiary alicyclic amines) is 1. The molecule has 1 atom stereocenters. The van der Waals surface area contributed by atoms with Crippen molar-refractivity contribution in [3.63, 3.8) is 0 Å². The minimum absolute atomic E-state index is 0.222. The van der Waals surface area contributed by atoms with Gasteiger partial charge in [0.15, 0.2) is 11.5 Å². The van der Waals surface area contributed by atoms with Gasteiger partial charge in [-0.15, -0.1) is 0 Å². The summed E-state index contributed by atoms with van der Waals surface area (Å²) in [6.07, 6.45) is 3.83. The number of aromatic nitrogens is 1. The average Bonchev–Trinajstić information content (AvgIpc) is 3.45. The van der Waals surface area contributed by atoms with Crippen molar-refractivity contribution in [3.8, 4) is 11.5 Å². The summed E-state index contributed by atoms with van der Waals surface area (Å²) in [5, 5.41) is 4.05. The predicted molar refractivity (Wildman–Crippen MR) is 124 cm³/mol. The normalized spacial score (nSPS) is 21.8. The molecule has 1 N–H and O–H groups in total. The Bertz CT molecular complexity index is 1050. The van der Waals surface area contributed by atoms with Crippen molar-refractivity contribution < 1.29 is 27.8 Å². The van der Waals surface area contributed by atoms with Crippen LogP contribution in [0, 0.1) is 0 Å². The van der Waals surface area contributed by atoms with Crippen LogP contribution < -0.4 is 14.8 Å². The van der Waals surface area contributed by atoms with Gasteiger partial charge in [-0.3, -0.25) is 9.78 Å². The van der Waals surface area contributed by atoms with Gasteiger partial charge >= 0.3 is 0 Å². The minimum Gasteiger partial charge on any atom is -0.493 e. The van der Waals surface area contributed by atoms with Gasteiger partial charge in [0.1, 0.15) is 6.10 Å². The van der Waals surface area contributed by atoms with Crippen LogP contribution >= 0.6 is 0 Å². The van der Waals surface area contributed by atoms with E-state index < -0.39 is 12.0 Å². The number of hydrogen-bond acceptors (Lipinski definition) is 7. The molecule has 2 aliphatic carbocycles. The molecule has 9 heteroatoms. The highest BCUT2D eigenvalue weighted by molar-refractivity contribution is 5.96. The highest BCUT2D eigenvalue weighted by Gasteiger charge is 2.46. The number of halogens is 2. The molecule has 1 aromatic carbocycles. The number of carbonyl (C=O) groups excluding carboxylic acids is 1. The molecule has 1 aromatic heterocycles. The number of carbonyl (C=O) groups is 1. The summed E-state index contributed by atoms with van der Waals surface area (Å²) in [4.78, 5) is 18.4. The molecular weight excluding hydrogens is 444 g/mol. The van der Waals surface area contributed by atoms with Crippen LogP contribution in [-0.2, 0) is 16.0 Å². The average molecular weight is 476 g/mol. The van der Waals surface area contributed by atoms with Crippen LogP contribution in [0.5, 0.6) is 11.5 Å². The Labute approximate surface area is 197 Å². The largest absolute Gasteiger partial charge is 0.493 e.